The van der Waals surface area contributed by atoms with E-state index in [1.807, 2.05) is 42.5 Å². The second kappa shape index (κ2) is 8.82. The summed E-state index contributed by atoms with van der Waals surface area (Å²) in [6.45, 7) is 3.64. The van der Waals surface area contributed by atoms with E-state index in [-0.39, 0.29) is 33.7 Å². The number of nitrogens with two attached hydrogens (primary N) is 1. The Labute approximate surface area is 215 Å². The number of anilines is 1. The summed E-state index contributed by atoms with van der Waals surface area (Å²) in [7, 11) is 0. The van der Waals surface area contributed by atoms with E-state index in [2.05, 4.69) is 42.2 Å². The van der Waals surface area contributed by atoms with Crippen LogP contribution in [0.5, 0.6) is 0 Å². The molecule has 0 fully saturated rings. The molecule has 1 spiro atoms. The second-order valence-electron chi connectivity index (χ2n) is 9.40. The topological polar surface area (TPSA) is 81.8 Å². The maximum atomic E-state index is 13.3. The molecule has 0 saturated heterocycles. The number of rotatable bonds is 4. The number of ether oxygens (including phenoxy) is 1. The number of nitrogen functional groups attached to an aromatic ring is 1. The number of ketones is 1. The van der Waals surface area contributed by atoms with Gasteiger partial charge < -0.3 is 5.73 Å². The molecule has 2 heterocycles. The monoisotopic (exact) mass is 482 g/mol. The summed E-state index contributed by atoms with van der Waals surface area (Å²) >= 11 is 0. The number of carbonyl (C=O) groups is 2. The number of allylic oxidation sites excluding steroid dienone is 10. The number of aliphatic imine (C=N–C) groups is 1. The first-order valence-corrected chi connectivity index (χ1v) is 12.1. The minimum atomic E-state index is -0.669. The third kappa shape index (κ3) is 3.82. The molecule has 2 N–H and O–H groups in total. The van der Waals surface area contributed by atoms with Crippen LogP contribution in [-0.4, -0.2) is 30.9 Å². The summed E-state index contributed by atoms with van der Waals surface area (Å²) in [5.74, 6) is 1.39. The molecule has 5 nitrogen and oxygen atoms in total. The van der Waals surface area contributed by atoms with Crippen LogP contribution in [0, 0.1) is 0 Å². The fourth-order valence-corrected chi connectivity index (χ4v) is 5.42. The Morgan fingerprint density at radius 2 is 1.92 bits per heavy atom. The zero-order valence-corrected chi connectivity index (χ0v) is 20.3. The molecule has 37 heavy (non-hydrogen) atoms. The average Bonchev–Trinajstić information content (AvgIpc) is 3.50. The molecule has 2 aromatic carbocycles. The van der Waals surface area contributed by atoms with Gasteiger partial charge in [0.1, 0.15) is 0 Å². The molecule has 0 saturated carbocycles. The molecule has 0 amide bonds. The quantitative estimate of drug-likeness (QED) is 0.267. The van der Waals surface area contributed by atoms with Crippen molar-refractivity contribution >= 4 is 36.5 Å². The van der Waals surface area contributed by atoms with Crippen LogP contribution in [0.3, 0.4) is 0 Å². The van der Waals surface area contributed by atoms with Crippen LogP contribution in [0.2, 0.25) is 5.31 Å². The average molecular weight is 482 g/mol. The molecule has 2 aromatic rings. The second-order valence-corrected chi connectivity index (χ2v) is 9.40. The van der Waals surface area contributed by atoms with Gasteiger partial charge in [-0.1, -0.05) is 30.3 Å². The number of hydrogen-bond donors (Lipinski definition) is 1. The third-order valence-electron chi connectivity index (χ3n) is 7.15. The van der Waals surface area contributed by atoms with Gasteiger partial charge in [0.15, 0.2) is 0 Å². The van der Waals surface area contributed by atoms with Gasteiger partial charge in [-0.25, -0.2) is 0 Å². The molecule has 6 rings (SSSR count). The van der Waals surface area contributed by atoms with Crippen LogP contribution in [-0.2, 0) is 4.74 Å². The van der Waals surface area contributed by atoms with Crippen molar-refractivity contribution in [2.24, 2.45) is 4.99 Å². The molecule has 2 aliphatic carbocycles. The van der Waals surface area contributed by atoms with Crippen LogP contribution in [0.15, 0.2) is 118 Å². The van der Waals surface area contributed by atoms with Crippen molar-refractivity contribution in [3.8, 4) is 11.1 Å². The SMILES string of the molecule is CC(=O)c1c(N)cc(-c2ccccc2)cc1C(=O)O/C1=C/C=C\C2=C3C=CCC34B=CC=C4C=C2N=C1. The fourth-order valence-electron chi connectivity index (χ4n) is 5.42. The van der Waals surface area contributed by atoms with E-state index >= 15 is 0 Å². The molecule has 2 aliphatic heterocycles. The van der Waals surface area contributed by atoms with E-state index < -0.39 is 5.97 Å². The number of Topliss-reactive ketones (excluding diaryl/α,β-unsaturated/α-hetero) is 1. The van der Waals surface area contributed by atoms with E-state index in [1.165, 1.54) is 18.1 Å². The molecule has 4 aliphatic rings. The number of nitrogens with zero attached hydrogens (tertiary/aromatic N) is 1. The van der Waals surface area contributed by atoms with Crippen molar-refractivity contribution < 1.29 is 14.3 Å². The molecule has 0 bridgehead atoms. The zero-order chi connectivity index (χ0) is 25.6. The Morgan fingerprint density at radius 3 is 2.73 bits per heavy atom. The van der Waals surface area contributed by atoms with Gasteiger partial charge in [-0.05, 0) is 18.6 Å². The van der Waals surface area contributed by atoms with E-state index in [0.717, 1.165) is 28.8 Å². The summed E-state index contributed by atoms with van der Waals surface area (Å²) in [6, 6.07) is 12.9. The molecule has 0 radical (unpaired) electrons. The molecule has 1 atom stereocenters. The first-order valence-electron chi connectivity index (χ1n) is 12.1. The number of benzene rings is 2. The Hall–Kier alpha value is -4.58. The fraction of sp³-hybridized carbons (Fsp3) is 0.0968. The van der Waals surface area contributed by atoms with Gasteiger partial charge in [0.2, 0.25) is 0 Å². The van der Waals surface area contributed by atoms with Crippen molar-refractivity contribution in [1.82, 2.24) is 0 Å². The van der Waals surface area contributed by atoms with Crippen molar-refractivity contribution in [1.29, 1.82) is 0 Å². The van der Waals surface area contributed by atoms with Crippen molar-refractivity contribution in [3.63, 3.8) is 0 Å². The first-order chi connectivity index (χ1) is 18.0. The summed E-state index contributed by atoms with van der Waals surface area (Å²) < 4.78 is 5.73. The van der Waals surface area contributed by atoms with E-state index in [1.54, 1.807) is 24.4 Å². The number of esters is 1. The molecular formula is C31H23BN2O3. The molecule has 1 unspecified atom stereocenters. The zero-order valence-electron chi connectivity index (χ0n) is 20.3. The van der Waals surface area contributed by atoms with Crippen LogP contribution < -0.4 is 5.73 Å². The van der Waals surface area contributed by atoms with Gasteiger partial charge in [0, 0.05) is 0 Å². The minimum absolute atomic E-state index is 0.0936. The van der Waals surface area contributed by atoms with Gasteiger partial charge >= 0.3 is 156 Å². The Morgan fingerprint density at radius 1 is 1.08 bits per heavy atom. The van der Waals surface area contributed by atoms with E-state index in [0.29, 0.717) is 0 Å². The Bertz CT molecular complexity index is 1620. The predicted molar refractivity (Wildman–Crippen MR) is 149 cm³/mol. The van der Waals surface area contributed by atoms with Crippen molar-refractivity contribution in [2.75, 3.05) is 5.73 Å². The van der Waals surface area contributed by atoms with Gasteiger partial charge in [0.25, 0.3) is 0 Å². The predicted octanol–water partition coefficient (Wildman–Crippen LogP) is 5.58. The summed E-state index contributed by atoms with van der Waals surface area (Å²) in [5, 5.41) is -0.0936. The van der Waals surface area contributed by atoms with Gasteiger partial charge in [-0.3, -0.25) is 4.79 Å². The van der Waals surface area contributed by atoms with Gasteiger partial charge in [0.05, 0.1) is 0 Å². The van der Waals surface area contributed by atoms with E-state index in [4.69, 9.17) is 10.5 Å². The normalized spacial score (nSPS) is 22.9. The summed E-state index contributed by atoms with van der Waals surface area (Å²) in [6.07, 6.45) is 16.6. The summed E-state index contributed by atoms with van der Waals surface area (Å²) in [5.41, 5.74) is 12.6. The van der Waals surface area contributed by atoms with Gasteiger partial charge in [-0.2, -0.15) is 0 Å². The summed E-state index contributed by atoms with van der Waals surface area (Å²) in [4.78, 5) is 30.4. The van der Waals surface area contributed by atoms with Crippen LogP contribution >= 0.6 is 0 Å². The standard InChI is InChI=1S/C31H23BN2O3/c1-19(35)29-25(15-21(16-27(29)33)20-7-3-2-4-8-20)30(36)37-23-9-5-10-24-26-11-6-13-31(26)22(12-14-32-31)17-28(24)34-18-23/h2-12,14-18H,13,33H2,1H3/b10-5-,23-9+,34-18?. The number of carbonyl (C=O) groups excluding carboxylic acids is 2. The van der Waals surface area contributed by atoms with Crippen LogP contribution in [0.1, 0.15) is 34.1 Å². The van der Waals surface area contributed by atoms with Gasteiger partial charge in [-0.15, -0.1) is 0 Å². The number of fused-ring (bicyclic) bond motifs is 1. The molecular weight excluding hydrogens is 459 g/mol. The third-order valence-corrected chi connectivity index (χ3v) is 7.15. The van der Waals surface area contributed by atoms with Crippen LogP contribution in [0.25, 0.3) is 11.1 Å². The maximum absolute atomic E-state index is 13.3. The van der Waals surface area contributed by atoms with Crippen molar-refractivity contribution in [3.05, 3.63) is 124 Å². The van der Waals surface area contributed by atoms with Crippen LogP contribution in [0.4, 0.5) is 5.69 Å². The molecule has 178 valence electrons. The van der Waals surface area contributed by atoms with E-state index in [9.17, 15) is 9.59 Å². The molecule has 0 aromatic heterocycles. The Balaban J connectivity index is 1.35. The Kier molecular flexibility index (Phi) is 5.45. The van der Waals surface area contributed by atoms with Crippen molar-refractivity contribution in [2.45, 2.75) is 18.7 Å². The first kappa shape index (κ1) is 22.9. The number of hydrogen-bond acceptors (Lipinski definition) is 5. The molecule has 6 heteroatoms.